The summed E-state index contributed by atoms with van der Waals surface area (Å²) in [6, 6.07) is 11.6. The molecular weight excluding hydrogens is 418 g/mol. The fourth-order valence-electron chi connectivity index (χ4n) is 2.93. The van der Waals surface area contributed by atoms with Gasteiger partial charge in [-0.15, -0.1) is 0 Å². The second-order valence-electron chi connectivity index (χ2n) is 7.68. The number of carboxylic acids is 1. The number of rotatable bonds is 10. The number of nitrogens with one attached hydrogen (secondary N) is 1. The van der Waals surface area contributed by atoms with E-state index in [-0.39, 0.29) is 10.6 Å². The minimum absolute atomic E-state index is 0.0374. The number of benzene rings is 1. The van der Waals surface area contributed by atoms with Crippen molar-refractivity contribution in [2.45, 2.75) is 37.0 Å². The summed E-state index contributed by atoms with van der Waals surface area (Å²) in [4.78, 5) is 15.9. The first-order valence-electron chi connectivity index (χ1n) is 9.85. The summed E-state index contributed by atoms with van der Waals surface area (Å²) in [6.07, 6.45) is 4.25. The molecule has 9 heteroatoms. The van der Waals surface area contributed by atoms with E-state index in [9.17, 15) is 18.3 Å². The molecule has 0 fully saturated rings. The van der Waals surface area contributed by atoms with Gasteiger partial charge in [-0.1, -0.05) is 12.1 Å². The van der Waals surface area contributed by atoms with Crippen LogP contribution < -0.4 is 4.74 Å². The van der Waals surface area contributed by atoms with E-state index in [1.165, 1.54) is 12.1 Å². The molecule has 1 aromatic carbocycles. The number of aliphatic carboxylic acids is 1. The number of unbranched alkanes of at least 4 members (excludes halogenated alkanes) is 1. The highest BCUT2D eigenvalue weighted by atomic mass is 32.2. The van der Waals surface area contributed by atoms with Gasteiger partial charge in [0.15, 0.2) is 9.84 Å². The molecule has 8 nitrogen and oxygen atoms in total. The van der Waals surface area contributed by atoms with Crippen molar-refractivity contribution < 1.29 is 23.1 Å². The van der Waals surface area contributed by atoms with Gasteiger partial charge in [-0.2, -0.15) is 5.10 Å². The summed E-state index contributed by atoms with van der Waals surface area (Å²) in [7, 11) is -3.51. The maximum Gasteiger partial charge on any atom is 0.313 e. The van der Waals surface area contributed by atoms with E-state index < -0.39 is 21.2 Å². The molecule has 3 aromatic rings. The van der Waals surface area contributed by atoms with Crippen molar-refractivity contribution in [1.29, 1.82) is 0 Å². The van der Waals surface area contributed by atoms with Crippen LogP contribution in [0.3, 0.4) is 0 Å². The predicted octanol–water partition coefficient (Wildman–Crippen LogP) is 3.47. The zero-order chi connectivity index (χ0) is 22.5. The van der Waals surface area contributed by atoms with Crippen LogP contribution in [-0.4, -0.2) is 47.0 Å². The fourth-order valence-corrected chi connectivity index (χ4v) is 4.34. The third-order valence-electron chi connectivity index (χ3n) is 5.04. The summed E-state index contributed by atoms with van der Waals surface area (Å²) in [5.41, 5.74) is 0.854. The molecule has 0 unspecified atom stereocenters. The Labute approximate surface area is 181 Å². The lowest BCUT2D eigenvalue weighted by Crippen LogP contribution is -2.28. The number of pyridine rings is 1. The van der Waals surface area contributed by atoms with Crippen molar-refractivity contribution in [3.63, 3.8) is 0 Å². The van der Waals surface area contributed by atoms with Gasteiger partial charge < -0.3 is 9.84 Å². The van der Waals surface area contributed by atoms with Gasteiger partial charge in [0.1, 0.15) is 5.75 Å². The third kappa shape index (κ3) is 5.49. The van der Waals surface area contributed by atoms with Gasteiger partial charge in [-0.05, 0) is 62.6 Å². The first-order valence-corrected chi connectivity index (χ1v) is 11.5. The fraction of sp³-hybridized carbons (Fsp3) is 0.318. The van der Waals surface area contributed by atoms with Crippen LogP contribution in [0, 0.1) is 0 Å². The molecular formula is C22H25N3O5S. The molecule has 0 bridgehead atoms. The van der Waals surface area contributed by atoms with Gasteiger partial charge >= 0.3 is 5.97 Å². The smallest absolute Gasteiger partial charge is 0.313 e. The molecule has 0 saturated heterocycles. The molecule has 164 valence electrons. The Bertz CT molecular complexity index is 1120. The quantitative estimate of drug-likeness (QED) is 0.460. The molecule has 2 heterocycles. The average molecular weight is 444 g/mol. The number of aromatic amines is 1. The number of sulfone groups is 1. The zero-order valence-corrected chi connectivity index (χ0v) is 18.2. The minimum Gasteiger partial charge on any atom is -0.492 e. The topological polar surface area (TPSA) is 122 Å². The van der Waals surface area contributed by atoms with Crippen LogP contribution in [0.5, 0.6) is 5.75 Å². The highest BCUT2D eigenvalue weighted by molar-refractivity contribution is 7.91. The minimum atomic E-state index is -3.51. The van der Waals surface area contributed by atoms with Gasteiger partial charge in [0.05, 0.1) is 40.3 Å². The summed E-state index contributed by atoms with van der Waals surface area (Å²) in [5.74, 6) is -0.439. The van der Waals surface area contributed by atoms with Crippen LogP contribution >= 0.6 is 0 Å². The van der Waals surface area contributed by atoms with Crippen molar-refractivity contribution in [3.8, 4) is 17.1 Å². The van der Waals surface area contributed by atoms with Gasteiger partial charge in [0.2, 0.25) is 0 Å². The van der Waals surface area contributed by atoms with E-state index >= 15 is 0 Å². The van der Waals surface area contributed by atoms with Crippen molar-refractivity contribution >= 4 is 15.8 Å². The van der Waals surface area contributed by atoms with Gasteiger partial charge in [0, 0.05) is 6.20 Å². The molecule has 31 heavy (non-hydrogen) atoms. The maximum atomic E-state index is 12.7. The number of carbonyl (C=O) groups is 1. The summed E-state index contributed by atoms with van der Waals surface area (Å²) in [5, 5.41) is 16.1. The molecule has 0 aliphatic carbocycles. The number of H-pyrrole nitrogens is 1. The first kappa shape index (κ1) is 22.5. The Kier molecular flexibility index (Phi) is 6.74. The molecule has 0 radical (unpaired) electrons. The van der Waals surface area contributed by atoms with Gasteiger partial charge in [-0.3, -0.25) is 14.9 Å². The van der Waals surface area contributed by atoms with E-state index in [0.717, 1.165) is 11.4 Å². The van der Waals surface area contributed by atoms with E-state index in [2.05, 4.69) is 15.2 Å². The van der Waals surface area contributed by atoms with Crippen LogP contribution in [0.1, 0.15) is 32.3 Å². The molecule has 3 rings (SSSR count). The molecule has 0 amide bonds. The number of aromatic nitrogens is 3. The lowest BCUT2D eigenvalue weighted by atomic mass is 9.85. The summed E-state index contributed by atoms with van der Waals surface area (Å²) >= 11 is 0. The first-order chi connectivity index (χ1) is 14.7. The van der Waals surface area contributed by atoms with Crippen LogP contribution in [0.15, 0.2) is 59.8 Å². The number of ether oxygens (including phenoxy) is 1. The monoisotopic (exact) mass is 443 g/mol. The van der Waals surface area contributed by atoms with Crippen LogP contribution in [0.4, 0.5) is 0 Å². The Morgan fingerprint density at radius 1 is 1.16 bits per heavy atom. The molecule has 0 spiro atoms. The van der Waals surface area contributed by atoms with Crippen LogP contribution in [0.2, 0.25) is 0 Å². The van der Waals surface area contributed by atoms with E-state index in [0.29, 0.717) is 30.8 Å². The van der Waals surface area contributed by atoms with Crippen LogP contribution in [-0.2, 0) is 20.0 Å². The highest BCUT2D eigenvalue weighted by Crippen LogP contribution is 2.26. The van der Waals surface area contributed by atoms with Crippen molar-refractivity contribution in [1.82, 2.24) is 15.2 Å². The lowest BCUT2D eigenvalue weighted by Gasteiger charge is -2.20. The van der Waals surface area contributed by atoms with Gasteiger partial charge in [-0.25, -0.2) is 8.42 Å². The van der Waals surface area contributed by atoms with Crippen LogP contribution in [0.25, 0.3) is 11.4 Å². The number of hydrogen-bond acceptors (Lipinski definition) is 6. The Balaban J connectivity index is 1.51. The SMILES string of the molecule is CC(C)(C(=O)O)c1cccc(S(=O)(=O)CCCCOc2ccc(-c3ccn[nH]3)nc2)c1. The van der Waals surface area contributed by atoms with Gasteiger partial charge in [0.25, 0.3) is 0 Å². The molecule has 0 aliphatic heterocycles. The molecule has 0 atom stereocenters. The lowest BCUT2D eigenvalue weighted by molar-refractivity contribution is -0.142. The highest BCUT2D eigenvalue weighted by Gasteiger charge is 2.30. The average Bonchev–Trinajstić information content (AvgIpc) is 3.29. The number of carboxylic acid groups (broad SMARTS) is 1. The van der Waals surface area contributed by atoms with Crippen molar-refractivity contribution in [2.24, 2.45) is 0 Å². The maximum absolute atomic E-state index is 12.7. The van der Waals surface area contributed by atoms with Crippen molar-refractivity contribution in [2.75, 3.05) is 12.4 Å². The Morgan fingerprint density at radius 2 is 1.97 bits per heavy atom. The second kappa shape index (κ2) is 9.30. The summed E-state index contributed by atoms with van der Waals surface area (Å²) < 4.78 is 31.0. The summed E-state index contributed by atoms with van der Waals surface area (Å²) in [6.45, 7) is 3.47. The molecule has 2 aromatic heterocycles. The molecule has 2 N–H and O–H groups in total. The molecule has 0 saturated carbocycles. The van der Waals surface area contributed by atoms with E-state index in [1.54, 1.807) is 44.4 Å². The third-order valence-corrected chi connectivity index (χ3v) is 6.84. The normalized spacial score (nSPS) is 11.9. The Morgan fingerprint density at radius 3 is 2.61 bits per heavy atom. The number of nitrogens with zero attached hydrogens (tertiary/aromatic N) is 2. The zero-order valence-electron chi connectivity index (χ0n) is 17.4. The second-order valence-corrected chi connectivity index (χ2v) is 9.79. The van der Waals surface area contributed by atoms with E-state index in [1.807, 2.05) is 12.1 Å². The van der Waals surface area contributed by atoms with Crippen molar-refractivity contribution in [3.05, 3.63) is 60.4 Å². The Hall–Kier alpha value is -3.20. The standard InChI is InChI=1S/C22H25N3O5S/c1-22(2,21(26)27)16-6-5-7-18(14-16)31(28,29)13-4-3-12-30-17-8-9-19(23-15-17)20-10-11-24-25-20/h5-11,14-15H,3-4,12-13H2,1-2H3,(H,24,25)(H,26,27). The predicted molar refractivity (Wildman–Crippen MR) is 116 cm³/mol. The molecule has 0 aliphatic rings. The largest absolute Gasteiger partial charge is 0.492 e. The van der Waals surface area contributed by atoms with E-state index in [4.69, 9.17) is 4.74 Å². The number of hydrogen-bond donors (Lipinski definition) is 2.